The summed E-state index contributed by atoms with van der Waals surface area (Å²) in [5, 5.41) is 2.09. The Bertz CT molecular complexity index is 356. The van der Waals surface area contributed by atoms with Gasteiger partial charge in [0.05, 0.1) is 16.4 Å². The van der Waals surface area contributed by atoms with Gasteiger partial charge in [0.1, 0.15) is 0 Å². The van der Waals surface area contributed by atoms with Crippen LogP contribution in [0.1, 0.15) is 13.8 Å². The molecule has 0 aromatic heterocycles. The van der Waals surface area contributed by atoms with Crippen molar-refractivity contribution in [1.82, 2.24) is 0 Å². The minimum atomic E-state index is 0.607. The van der Waals surface area contributed by atoms with Gasteiger partial charge in [-0.2, -0.15) is 0 Å². The molecule has 0 saturated heterocycles. The lowest BCUT2D eigenvalue weighted by Crippen LogP contribution is -2.30. The predicted molar refractivity (Wildman–Crippen MR) is 60.7 cm³/mol. The fraction of sp³-hybridized carbons (Fsp3) is 0.200. The number of allylic oxidation sites excluding steroid dienone is 2. The van der Waals surface area contributed by atoms with Crippen molar-refractivity contribution in [2.75, 3.05) is 5.01 Å². The predicted octanol–water partition coefficient (Wildman–Crippen LogP) is 2.23. The Hall–Kier alpha value is -1.19. The number of rotatable bonds is 2. The molecular formula is C10H14ClN3. The molecule has 0 bridgehead atoms. The molecule has 0 spiro atoms. The van der Waals surface area contributed by atoms with Crippen molar-refractivity contribution in [1.29, 1.82) is 0 Å². The van der Waals surface area contributed by atoms with E-state index in [1.165, 1.54) is 5.01 Å². The molecule has 0 atom stereocenters. The molecule has 76 valence electrons. The zero-order valence-electron chi connectivity index (χ0n) is 8.29. The van der Waals surface area contributed by atoms with Gasteiger partial charge in [-0.3, -0.25) is 5.01 Å². The van der Waals surface area contributed by atoms with Crippen LogP contribution >= 0.6 is 11.6 Å². The average molecular weight is 212 g/mol. The molecule has 1 rings (SSSR count). The van der Waals surface area contributed by atoms with Crippen LogP contribution < -0.4 is 16.6 Å². The maximum absolute atomic E-state index is 5.98. The zero-order chi connectivity index (χ0) is 10.7. The summed E-state index contributed by atoms with van der Waals surface area (Å²) in [6, 6.07) is 7.36. The number of hydrogen-bond donors (Lipinski definition) is 2. The van der Waals surface area contributed by atoms with Crippen LogP contribution in [0.25, 0.3) is 0 Å². The van der Waals surface area contributed by atoms with E-state index >= 15 is 0 Å². The molecule has 1 aromatic rings. The van der Waals surface area contributed by atoms with Crippen LogP contribution in [0.2, 0.25) is 5.02 Å². The largest absolute Gasteiger partial charge is 0.401 e. The summed E-state index contributed by atoms with van der Waals surface area (Å²) in [7, 11) is 0. The van der Waals surface area contributed by atoms with E-state index < -0.39 is 0 Å². The Morgan fingerprint density at radius 1 is 1.29 bits per heavy atom. The molecule has 0 aliphatic rings. The number of halogens is 1. The van der Waals surface area contributed by atoms with Crippen LogP contribution in [0.15, 0.2) is 35.7 Å². The fourth-order valence-electron chi connectivity index (χ4n) is 1.02. The molecular weight excluding hydrogens is 198 g/mol. The van der Waals surface area contributed by atoms with E-state index in [0.29, 0.717) is 10.7 Å². The molecule has 14 heavy (non-hydrogen) atoms. The van der Waals surface area contributed by atoms with E-state index in [9.17, 15) is 0 Å². The summed E-state index contributed by atoms with van der Waals surface area (Å²) < 4.78 is 0. The van der Waals surface area contributed by atoms with Crippen molar-refractivity contribution < 1.29 is 0 Å². The maximum Gasteiger partial charge on any atom is 0.0758 e. The van der Waals surface area contributed by atoms with Crippen molar-refractivity contribution >= 4 is 17.3 Å². The highest BCUT2D eigenvalue weighted by atomic mass is 35.5. The number of anilines is 1. The van der Waals surface area contributed by atoms with E-state index in [2.05, 4.69) is 0 Å². The van der Waals surface area contributed by atoms with Gasteiger partial charge in [0.25, 0.3) is 0 Å². The van der Waals surface area contributed by atoms with Gasteiger partial charge in [0.15, 0.2) is 0 Å². The van der Waals surface area contributed by atoms with Crippen LogP contribution in [0.4, 0.5) is 5.69 Å². The first kappa shape index (κ1) is 10.9. The lowest BCUT2D eigenvalue weighted by atomic mass is 10.3. The van der Waals surface area contributed by atoms with Crippen LogP contribution in [0.5, 0.6) is 0 Å². The molecule has 4 heteroatoms. The third kappa shape index (κ3) is 2.19. The first-order chi connectivity index (χ1) is 6.54. The Kier molecular flexibility index (Phi) is 3.38. The van der Waals surface area contributed by atoms with E-state index in [1.54, 1.807) is 13.0 Å². The second kappa shape index (κ2) is 4.35. The topological polar surface area (TPSA) is 55.3 Å². The van der Waals surface area contributed by atoms with E-state index in [4.69, 9.17) is 23.2 Å². The number of nitrogens with two attached hydrogens (primary N) is 2. The van der Waals surface area contributed by atoms with Gasteiger partial charge in [-0.15, -0.1) is 0 Å². The lowest BCUT2D eigenvalue weighted by molar-refractivity contribution is 0.961. The summed E-state index contributed by atoms with van der Waals surface area (Å²) >= 11 is 5.98. The third-order valence-electron chi connectivity index (χ3n) is 2.04. The number of para-hydroxylation sites is 1. The van der Waals surface area contributed by atoms with Crippen molar-refractivity contribution in [3.8, 4) is 0 Å². The van der Waals surface area contributed by atoms with Crippen LogP contribution in [0.3, 0.4) is 0 Å². The van der Waals surface area contributed by atoms with Crippen molar-refractivity contribution in [2.24, 2.45) is 11.6 Å². The molecule has 3 nitrogen and oxygen atoms in total. The van der Waals surface area contributed by atoms with Gasteiger partial charge in [-0.25, -0.2) is 5.84 Å². The molecule has 1 aromatic carbocycles. The molecule has 0 amide bonds. The van der Waals surface area contributed by atoms with Gasteiger partial charge < -0.3 is 5.73 Å². The Morgan fingerprint density at radius 2 is 1.86 bits per heavy atom. The summed E-state index contributed by atoms with van der Waals surface area (Å²) in [4.78, 5) is 0. The monoisotopic (exact) mass is 211 g/mol. The number of hydrazine groups is 1. The van der Waals surface area contributed by atoms with Crippen molar-refractivity contribution in [2.45, 2.75) is 13.8 Å². The molecule has 0 aliphatic carbocycles. The summed E-state index contributed by atoms with van der Waals surface area (Å²) in [5.41, 5.74) is 7.85. The van der Waals surface area contributed by atoms with Crippen LogP contribution in [-0.2, 0) is 0 Å². The smallest absolute Gasteiger partial charge is 0.0758 e. The molecule has 0 saturated carbocycles. The van der Waals surface area contributed by atoms with Crippen molar-refractivity contribution in [3.63, 3.8) is 0 Å². The van der Waals surface area contributed by atoms with E-state index in [-0.39, 0.29) is 0 Å². The highest BCUT2D eigenvalue weighted by Gasteiger charge is 2.08. The van der Waals surface area contributed by atoms with E-state index in [0.717, 1.165) is 11.4 Å². The third-order valence-corrected chi connectivity index (χ3v) is 2.36. The minimum Gasteiger partial charge on any atom is -0.401 e. The highest BCUT2D eigenvalue weighted by molar-refractivity contribution is 6.33. The minimum absolute atomic E-state index is 0.607. The molecule has 0 heterocycles. The maximum atomic E-state index is 5.98. The second-order valence-electron chi connectivity index (χ2n) is 3.09. The summed E-state index contributed by atoms with van der Waals surface area (Å²) in [6.45, 7) is 3.64. The normalized spacial score (nSPS) is 12.3. The quantitative estimate of drug-likeness (QED) is 0.583. The Balaban J connectivity index is 3.07. The molecule has 0 aliphatic heterocycles. The van der Waals surface area contributed by atoms with Gasteiger partial charge in [0.2, 0.25) is 0 Å². The molecule has 0 fully saturated rings. The highest BCUT2D eigenvalue weighted by Crippen LogP contribution is 2.25. The summed E-state index contributed by atoms with van der Waals surface area (Å²) in [5.74, 6) is 5.85. The lowest BCUT2D eigenvalue weighted by Gasteiger charge is -2.21. The zero-order valence-corrected chi connectivity index (χ0v) is 9.05. The summed E-state index contributed by atoms with van der Waals surface area (Å²) in [6.07, 6.45) is 0. The Morgan fingerprint density at radius 3 is 2.36 bits per heavy atom. The SMILES string of the molecule is C/C(N)=C(\C)N(N)c1ccccc1Cl. The first-order valence-corrected chi connectivity index (χ1v) is 4.64. The molecule has 4 N–H and O–H groups in total. The van der Waals surface area contributed by atoms with Crippen molar-refractivity contribution in [3.05, 3.63) is 40.7 Å². The van der Waals surface area contributed by atoms with Crippen LogP contribution in [0, 0.1) is 0 Å². The van der Waals surface area contributed by atoms with E-state index in [1.807, 2.05) is 25.1 Å². The fourth-order valence-corrected chi connectivity index (χ4v) is 1.24. The second-order valence-corrected chi connectivity index (χ2v) is 3.50. The standard InChI is InChI=1S/C10H14ClN3/c1-7(12)8(2)14(13)10-6-4-3-5-9(10)11/h3-6H,12-13H2,1-2H3/b8-7-. The number of nitrogens with zero attached hydrogens (tertiary/aromatic N) is 1. The Labute approximate surface area is 88.9 Å². The van der Waals surface area contributed by atoms with Gasteiger partial charge in [-0.05, 0) is 26.0 Å². The number of hydrogen-bond acceptors (Lipinski definition) is 3. The number of benzene rings is 1. The first-order valence-electron chi connectivity index (χ1n) is 4.26. The molecule has 0 radical (unpaired) electrons. The van der Waals surface area contributed by atoms with Gasteiger partial charge in [0, 0.05) is 5.70 Å². The molecule has 0 unspecified atom stereocenters. The van der Waals surface area contributed by atoms with Crippen LogP contribution in [-0.4, -0.2) is 0 Å². The van der Waals surface area contributed by atoms with Gasteiger partial charge in [-0.1, -0.05) is 23.7 Å². The average Bonchev–Trinajstić information content (AvgIpc) is 2.16. The van der Waals surface area contributed by atoms with Gasteiger partial charge >= 0.3 is 0 Å².